The molecule has 0 spiro atoms. The third kappa shape index (κ3) is 4.37. The third-order valence-electron chi connectivity index (χ3n) is 5.06. The van der Waals surface area contributed by atoms with Gasteiger partial charge in [-0.2, -0.15) is 0 Å². The molecule has 8 heteroatoms. The Labute approximate surface area is 177 Å². The lowest BCUT2D eigenvalue weighted by Gasteiger charge is -2.10. The van der Waals surface area contributed by atoms with Crippen LogP contribution in [0.1, 0.15) is 17.0 Å². The van der Waals surface area contributed by atoms with Gasteiger partial charge in [-0.05, 0) is 50.2 Å². The highest BCUT2D eigenvalue weighted by Crippen LogP contribution is 2.28. The Morgan fingerprint density at radius 2 is 1.74 bits per heavy atom. The van der Waals surface area contributed by atoms with E-state index in [9.17, 15) is 13.6 Å². The second kappa shape index (κ2) is 8.51. The van der Waals surface area contributed by atoms with Crippen molar-refractivity contribution in [2.45, 2.75) is 26.9 Å². The molecule has 158 valence electrons. The summed E-state index contributed by atoms with van der Waals surface area (Å²) in [6.07, 6.45) is 0. The summed E-state index contributed by atoms with van der Waals surface area (Å²) < 4.78 is 34.5. The molecule has 4 rings (SSSR count). The average molecular weight is 422 g/mol. The van der Waals surface area contributed by atoms with Gasteiger partial charge in [0.25, 0.3) is 0 Å². The highest BCUT2D eigenvalue weighted by Gasteiger charge is 2.18. The van der Waals surface area contributed by atoms with Crippen LogP contribution in [-0.2, 0) is 17.9 Å². The summed E-state index contributed by atoms with van der Waals surface area (Å²) in [6.45, 7) is 3.92. The Balaban J connectivity index is 1.49. The van der Waals surface area contributed by atoms with E-state index >= 15 is 0 Å². The summed E-state index contributed by atoms with van der Waals surface area (Å²) in [7, 11) is 0. The molecular formula is C23H20F2N4O2. The SMILES string of the molecule is Cc1cc(-c2nnc(-c3ccc(F)cc3)o2)c(C)n1CC(=O)NCc1ccccc1F. The Kier molecular flexibility index (Phi) is 5.62. The fourth-order valence-corrected chi connectivity index (χ4v) is 3.34. The number of carbonyl (C=O) groups excluding carboxylic acids is 1. The van der Waals surface area contributed by atoms with E-state index in [1.54, 1.807) is 30.3 Å². The van der Waals surface area contributed by atoms with Gasteiger partial charge in [0, 0.05) is 29.1 Å². The maximum Gasteiger partial charge on any atom is 0.249 e. The molecule has 0 saturated heterocycles. The molecule has 6 nitrogen and oxygen atoms in total. The van der Waals surface area contributed by atoms with Crippen LogP contribution < -0.4 is 5.32 Å². The Morgan fingerprint density at radius 3 is 2.48 bits per heavy atom. The summed E-state index contributed by atoms with van der Waals surface area (Å²) >= 11 is 0. The van der Waals surface area contributed by atoms with Crippen molar-refractivity contribution in [1.82, 2.24) is 20.1 Å². The van der Waals surface area contributed by atoms with Crippen LogP contribution >= 0.6 is 0 Å². The molecule has 0 aliphatic heterocycles. The van der Waals surface area contributed by atoms with Crippen LogP contribution in [0.25, 0.3) is 22.9 Å². The Hall–Kier alpha value is -3.81. The molecule has 2 heterocycles. The second-order valence-electron chi connectivity index (χ2n) is 7.16. The highest BCUT2D eigenvalue weighted by atomic mass is 19.1. The molecule has 2 aromatic carbocycles. The van der Waals surface area contributed by atoms with Crippen molar-refractivity contribution in [2.24, 2.45) is 0 Å². The van der Waals surface area contributed by atoms with Crippen LogP contribution in [-0.4, -0.2) is 20.7 Å². The van der Waals surface area contributed by atoms with Gasteiger partial charge in [-0.1, -0.05) is 18.2 Å². The molecule has 4 aromatic rings. The zero-order chi connectivity index (χ0) is 22.0. The fourth-order valence-electron chi connectivity index (χ4n) is 3.34. The van der Waals surface area contributed by atoms with Crippen molar-refractivity contribution in [2.75, 3.05) is 0 Å². The van der Waals surface area contributed by atoms with E-state index in [1.165, 1.54) is 18.2 Å². The van der Waals surface area contributed by atoms with Gasteiger partial charge in [-0.25, -0.2) is 8.78 Å². The first-order valence-corrected chi connectivity index (χ1v) is 9.69. The largest absolute Gasteiger partial charge is 0.416 e. The van der Waals surface area contributed by atoms with Crippen LogP contribution in [0, 0.1) is 25.5 Å². The molecule has 1 amide bonds. The topological polar surface area (TPSA) is 73.0 Å². The van der Waals surface area contributed by atoms with E-state index in [0.717, 1.165) is 11.4 Å². The van der Waals surface area contributed by atoms with Crippen molar-refractivity contribution in [3.05, 3.63) is 83.2 Å². The maximum absolute atomic E-state index is 13.7. The lowest BCUT2D eigenvalue weighted by molar-refractivity contribution is -0.121. The van der Waals surface area contributed by atoms with Crippen molar-refractivity contribution >= 4 is 5.91 Å². The van der Waals surface area contributed by atoms with Crippen molar-refractivity contribution in [3.63, 3.8) is 0 Å². The molecule has 0 radical (unpaired) electrons. The van der Waals surface area contributed by atoms with Gasteiger partial charge in [-0.3, -0.25) is 4.79 Å². The number of hydrogen-bond acceptors (Lipinski definition) is 4. The number of aryl methyl sites for hydroxylation is 1. The Morgan fingerprint density at radius 1 is 1.03 bits per heavy atom. The molecule has 1 N–H and O–H groups in total. The van der Waals surface area contributed by atoms with Gasteiger partial charge in [0.1, 0.15) is 18.2 Å². The van der Waals surface area contributed by atoms with Crippen molar-refractivity contribution in [1.29, 1.82) is 0 Å². The zero-order valence-electron chi connectivity index (χ0n) is 17.0. The monoisotopic (exact) mass is 422 g/mol. The first-order chi connectivity index (χ1) is 14.9. The lowest BCUT2D eigenvalue weighted by Crippen LogP contribution is -2.28. The van der Waals surface area contributed by atoms with Crippen LogP contribution in [0.2, 0.25) is 0 Å². The molecule has 0 atom stereocenters. The van der Waals surface area contributed by atoms with E-state index in [0.29, 0.717) is 22.6 Å². The van der Waals surface area contributed by atoms with E-state index in [-0.39, 0.29) is 36.5 Å². The molecule has 0 bridgehead atoms. The first kappa shape index (κ1) is 20.5. The number of hydrogen-bond donors (Lipinski definition) is 1. The first-order valence-electron chi connectivity index (χ1n) is 9.69. The standard InChI is InChI=1S/C23H20F2N4O2/c1-14-11-19(23-28-27-22(31-23)16-7-9-18(24)10-8-16)15(2)29(14)13-21(30)26-12-17-5-3-4-6-20(17)25/h3-11H,12-13H2,1-2H3,(H,26,30). The smallest absolute Gasteiger partial charge is 0.249 e. The minimum absolute atomic E-state index is 0.0745. The van der Waals surface area contributed by atoms with Gasteiger partial charge >= 0.3 is 0 Å². The molecule has 0 aliphatic carbocycles. The minimum Gasteiger partial charge on any atom is -0.416 e. The van der Waals surface area contributed by atoms with Crippen molar-refractivity contribution < 1.29 is 18.0 Å². The molecule has 2 aromatic heterocycles. The Bertz CT molecular complexity index is 1230. The maximum atomic E-state index is 13.7. The van der Waals surface area contributed by atoms with Gasteiger partial charge in [-0.15, -0.1) is 10.2 Å². The second-order valence-corrected chi connectivity index (χ2v) is 7.16. The van der Waals surface area contributed by atoms with Crippen LogP contribution in [0.5, 0.6) is 0 Å². The fraction of sp³-hybridized carbons (Fsp3) is 0.174. The predicted molar refractivity (Wildman–Crippen MR) is 111 cm³/mol. The molecule has 0 saturated carbocycles. The normalized spacial score (nSPS) is 11.0. The summed E-state index contributed by atoms with van der Waals surface area (Å²) in [4.78, 5) is 12.4. The number of halogens is 2. The quantitative estimate of drug-likeness (QED) is 0.499. The van der Waals surface area contributed by atoms with Gasteiger partial charge in [0.05, 0.1) is 5.56 Å². The predicted octanol–water partition coefficient (Wildman–Crippen LogP) is 4.42. The molecule has 31 heavy (non-hydrogen) atoms. The lowest BCUT2D eigenvalue weighted by atomic mass is 10.2. The number of carbonyl (C=O) groups is 1. The van der Waals surface area contributed by atoms with Crippen LogP contribution in [0.15, 0.2) is 59.0 Å². The zero-order valence-corrected chi connectivity index (χ0v) is 17.0. The third-order valence-corrected chi connectivity index (χ3v) is 5.06. The van der Waals surface area contributed by atoms with E-state index < -0.39 is 0 Å². The summed E-state index contributed by atoms with van der Waals surface area (Å²) in [6, 6.07) is 14.0. The van der Waals surface area contributed by atoms with E-state index in [1.807, 2.05) is 24.5 Å². The van der Waals surface area contributed by atoms with Gasteiger partial charge in [0.15, 0.2) is 0 Å². The minimum atomic E-state index is -0.355. The number of rotatable bonds is 6. The summed E-state index contributed by atoms with van der Waals surface area (Å²) in [5.74, 6) is -0.353. The van der Waals surface area contributed by atoms with Gasteiger partial charge in [0.2, 0.25) is 17.7 Å². The molecule has 0 unspecified atom stereocenters. The van der Waals surface area contributed by atoms with E-state index in [2.05, 4.69) is 15.5 Å². The molecular weight excluding hydrogens is 402 g/mol. The number of benzene rings is 2. The average Bonchev–Trinajstić information content (AvgIpc) is 3.34. The number of aromatic nitrogens is 3. The van der Waals surface area contributed by atoms with E-state index in [4.69, 9.17) is 4.42 Å². The summed E-state index contributed by atoms with van der Waals surface area (Å²) in [5, 5.41) is 10.9. The molecule has 0 fully saturated rings. The van der Waals surface area contributed by atoms with Gasteiger partial charge < -0.3 is 14.3 Å². The molecule has 0 aliphatic rings. The highest BCUT2D eigenvalue weighted by molar-refractivity contribution is 5.76. The number of amides is 1. The summed E-state index contributed by atoms with van der Waals surface area (Å²) in [5.41, 5.74) is 3.38. The van der Waals surface area contributed by atoms with Crippen molar-refractivity contribution in [3.8, 4) is 22.9 Å². The van der Waals surface area contributed by atoms with Crippen LogP contribution in [0.3, 0.4) is 0 Å². The number of nitrogens with one attached hydrogen (secondary N) is 1. The van der Waals surface area contributed by atoms with Crippen LogP contribution in [0.4, 0.5) is 8.78 Å². The number of nitrogens with zero attached hydrogens (tertiary/aromatic N) is 3.